The summed E-state index contributed by atoms with van der Waals surface area (Å²) in [6.07, 6.45) is -1.35. The molecule has 1 saturated heterocycles. The van der Waals surface area contributed by atoms with Gasteiger partial charge in [0, 0.05) is 43.9 Å². The molecule has 3 aromatic rings. The molecule has 0 aliphatic carbocycles. The van der Waals surface area contributed by atoms with Gasteiger partial charge in [0.2, 0.25) is 11.8 Å². The number of rotatable bonds is 6. The molecule has 1 N–H and O–H groups in total. The first kappa shape index (κ1) is 26.2. The molecule has 10 heteroatoms. The van der Waals surface area contributed by atoms with Crippen molar-refractivity contribution in [3.05, 3.63) is 59.5 Å². The van der Waals surface area contributed by atoms with E-state index >= 15 is 0 Å². The van der Waals surface area contributed by atoms with Gasteiger partial charge in [0.25, 0.3) is 0 Å². The molecule has 0 radical (unpaired) electrons. The maximum Gasteiger partial charge on any atom is 0.435 e. The number of hydrogen-bond acceptors (Lipinski definition) is 7. The predicted octanol–water partition coefficient (Wildman–Crippen LogP) is 5.24. The Morgan fingerprint density at radius 3 is 2.71 bits per heavy atom. The van der Waals surface area contributed by atoms with Crippen LogP contribution >= 0.6 is 0 Å². The summed E-state index contributed by atoms with van der Waals surface area (Å²) in [6, 6.07) is 10.9. The van der Waals surface area contributed by atoms with E-state index < -0.39 is 11.9 Å². The molecule has 1 fully saturated rings. The molecule has 0 amide bonds. The molecule has 202 valence electrons. The van der Waals surface area contributed by atoms with Crippen molar-refractivity contribution >= 4 is 5.69 Å². The molecule has 5 rings (SSSR count). The Labute approximate surface area is 220 Å². The molecule has 2 atom stereocenters. The largest absolute Gasteiger partial charge is 0.481 e. The van der Waals surface area contributed by atoms with Crippen LogP contribution in [0.5, 0.6) is 11.8 Å². The van der Waals surface area contributed by atoms with Gasteiger partial charge in [-0.2, -0.15) is 13.2 Å². The topological polar surface area (TPSA) is 72.4 Å². The predicted molar refractivity (Wildman–Crippen MR) is 138 cm³/mol. The number of alkyl halides is 3. The second kappa shape index (κ2) is 10.4. The number of pyridine rings is 3. The van der Waals surface area contributed by atoms with Gasteiger partial charge < -0.3 is 19.7 Å². The highest BCUT2D eigenvalue weighted by molar-refractivity contribution is 5.65. The van der Waals surface area contributed by atoms with Gasteiger partial charge in [0.1, 0.15) is 0 Å². The Morgan fingerprint density at radius 2 is 1.97 bits per heavy atom. The molecule has 0 unspecified atom stereocenters. The van der Waals surface area contributed by atoms with Gasteiger partial charge in [-0.15, -0.1) is 0 Å². The molecule has 38 heavy (non-hydrogen) atoms. The highest BCUT2D eigenvalue weighted by Gasteiger charge is 2.48. The zero-order valence-electron chi connectivity index (χ0n) is 21.8. The minimum absolute atomic E-state index is 0.0463. The van der Waals surface area contributed by atoms with Crippen molar-refractivity contribution in [2.24, 2.45) is 5.92 Å². The fraction of sp³-hybridized carbons (Fsp3) is 0.464. The molecule has 1 spiro atoms. The van der Waals surface area contributed by atoms with Crippen molar-refractivity contribution < 1.29 is 22.6 Å². The van der Waals surface area contributed by atoms with E-state index in [0.717, 1.165) is 29.9 Å². The Hall–Kier alpha value is -3.40. The van der Waals surface area contributed by atoms with Gasteiger partial charge in [0.05, 0.1) is 36.4 Å². The van der Waals surface area contributed by atoms with Gasteiger partial charge >= 0.3 is 6.18 Å². The lowest BCUT2D eigenvalue weighted by atomic mass is 9.63. The van der Waals surface area contributed by atoms with E-state index in [1.54, 1.807) is 6.20 Å². The molecule has 2 aliphatic heterocycles. The Morgan fingerprint density at radius 1 is 1.13 bits per heavy atom. The molecule has 0 aromatic carbocycles. The van der Waals surface area contributed by atoms with Gasteiger partial charge in [-0.3, -0.25) is 4.98 Å². The van der Waals surface area contributed by atoms with E-state index in [9.17, 15) is 13.2 Å². The summed E-state index contributed by atoms with van der Waals surface area (Å²) in [5.74, 6) is 0.625. The normalized spacial score (nSPS) is 21.3. The van der Waals surface area contributed by atoms with Gasteiger partial charge in [-0.25, -0.2) is 9.97 Å². The van der Waals surface area contributed by atoms with E-state index in [2.05, 4.69) is 28.3 Å². The number of ether oxygens (including phenoxy) is 2. The van der Waals surface area contributed by atoms with Gasteiger partial charge in [0.15, 0.2) is 5.69 Å². The first-order chi connectivity index (χ1) is 18.3. The zero-order chi connectivity index (χ0) is 26.9. The highest BCUT2D eigenvalue weighted by atomic mass is 19.4. The number of anilines is 1. The fourth-order valence-electron chi connectivity index (χ4n) is 5.98. The molecule has 3 aromatic heterocycles. The molecule has 2 aliphatic rings. The lowest BCUT2D eigenvalue weighted by molar-refractivity contribution is -0.140. The molecule has 7 nitrogen and oxygen atoms in total. The summed E-state index contributed by atoms with van der Waals surface area (Å²) < 4.78 is 52.5. The van der Waals surface area contributed by atoms with Crippen LogP contribution in [-0.4, -0.2) is 48.3 Å². The van der Waals surface area contributed by atoms with Crippen LogP contribution in [0.4, 0.5) is 18.9 Å². The number of aromatic nitrogens is 3. The lowest BCUT2D eigenvalue weighted by Gasteiger charge is -2.51. The summed E-state index contributed by atoms with van der Waals surface area (Å²) in [5, 5.41) is 3.55. The summed E-state index contributed by atoms with van der Waals surface area (Å²) in [5.41, 5.74) is 2.75. The monoisotopic (exact) mass is 527 g/mol. The maximum atomic E-state index is 13.9. The van der Waals surface area contributed by atoms with Crippen LogP contribution in [0.2, 0.25) is 0 Å². The number of fused-ring (bicyclic) bond motifs is 2. The molecular weight excluding hydrogens is 495 g/mol. The number of halogens is 3. The third-order valence-electron chi connectivity index (χ3n) is 7.78. The summed E-state index contributed by atoms with van der Waals surface area (Å²) in [7, 11) is 1.32. The van der Waals surface area contributed by atoms with Crippen LogP contribution in [0.15, 0.2) is 42.6 Å². The molecule has 0 bridgehead atoms. The Balaban J connectivity index is 1.48. The van der Waals surface area contributed by atoms with Crippen LogP contribution in [-0.2, 0) is 18.1 Å². The van der Waals surface area contributed by atoms with Crippen molar-refractivity contribution in [3.8, 4) is 23.0 Å². The van der Waals surface area contributed by atoms with E-state index in [1.165, 1.54) is 24.8 Å². The SMILES string of the molecule is CCOc1ncccc1-c1ccc2c(n1)CNC[C@]21CCN(c2ccc(OC)nc2C(F)(F)F)C[C@H]1CC. The standard InChI is InChI=1S/C28H32F3N5O2/c1-4-18-16-36(23-10-11-24(37-3)35-25(23)28(29,30)31)14-12-27(18)17-32-15-22-20(27)8-9-21(34-22)19-7-6-13-33-26(19)38-5-2/h6-11,13,18,32H,4-5,12,14-17H2,1-3H3/t18-,27+/m1/s1. The molecule has 0 saturated carbocycles. The first-order valence-corrected chi connectivity index (χ1v) is 13.0. The number of nitrogens with zero attached hydrogens (tertiary/aromatic N) is 4. The minimum Gasteiger partial charge on any atom is -0.481 e. The second-order valence-electron chi connectivity index (χ2n) is 9.76. The van der Waals surface area contributed by atoms with Crippen LogP contribution in [0.3, 0.4) is 0 Å². The second-order valence-corrected chi connectivity index (χ2v) is 9.76. The summed E-state index contributed by atoms with van der Waals surface area (Å²) >= 11 is 0. The molecule has 5 heterocycles. The summed E-state index contributed by atoms with van der Waals surface area (Å²) in [4.78, 5) is 15.0. The Kier molecular flexibility index (Phi) is 7.17. The minimum atomic E-state index is -4.58. The van der Waals surface area contributed by atoms with E-state index in [0.29, 0.717) is 38.5 Å². The van der Waals surface area contributed by atoms with Crippen LogP contribution < -0.4 is 19.7 Å². The number of methoxy groups -OCH3 is 1. The first-order valence-electron chi connectivity index (χ1n) is 13.0. The van der Waals surface area contributed by atoms with Crippen LogP contribution in [0.25, 0.3) is 11.3 Å². The average molecular weight is 528 g/mol. The van der Waals surface area contributed by atoms with Crippen molar-refractivity contribution in [3.63, 3.8) is 0 Å². The van der Waals surface area contributed by atoms with Crippen LogP contribution in [0, 0.1) is 5.92 Å². The average Bonchev–Trinajstić information content (AvgIpc) is 2.93. The van der Waals surface area contributed by atoms with Gasteiger partial charge in [-0.05, 0) is 49.1 Å². The van der Waals surface area contributed by atoms with Gasteiger partial charge in [-0.1, -0.05) is 19.4 Å². The highest BCUT2D eigenvalue weighted by Crippen LogP contribution is 2.47. The summed E-state index contributed by atoms with van der Waals surface area (Å²) in [6.45, 7) is 6.90. The van der Waals surface area contributed by atoms with Crippen molar-refractivity contribution in [2.45, 2.75) is 44.8 Å². The smallest absolute Gasteiger partial charge is 0.435 e. The van der Waals surface area contributed by atoms with E-state index in [4.69, 9.17) is 14.5 Å². The third kappa shape index (κ3) is 4.66. The van der Waals surface area contributed by atoms with Crippen molar-refractivity contribution in [1.29, 1.82) is 0 Å². The lowest BCUT2D eigenvalue weighted by Crippen LogP contribution is -2.57. The zero-order valence-corrected chi connectivity index (χ0v) is 21.8. The quantitative estimate of drug-likeness (QED) is 0.470. The fourth-order valence-corrected chi connectivity index (χ4v) is 5.98. The third-order valence-corrected chi connectivity index (χ3v) is 7.78. The number of nitrogens with one attached hydrogen (secondary N) is 1. The van der Waals surface area contributed by atoms with E-state index in [1.807, 2.05) is 30.0 Å². The van der Waals surface area contributed by atoms with E-state index in [-0.39, 0.29) is 22.9 Å². The number of piperidine rings is 1. The van der Waals surface area contributed by atoms with Crippen molar-refractivity contribution in [1.82, 2.24) is 20.3 Å². The maximum absolute atomic E-state index is 13.9. The number of hydrogen-bond donors (Lipinski definition) is 1. The van der Waals surface area contributed by atoms with Crippen molar-refractivity contribution in [2.75, 3.05) is 38.3 Å². The molecular formula is C28H32F3N5O2. The van der Waals surface area contributed by atoms with Crippen LogP contribution in [0.1, 0.15) is 43.6 Å². The Bertz CT molecular complexity index is 1300.